The molecule has 0 aromatic heterocycles. The smallest absolute Gasteiger partial charge is 0.0914 e. The standard InChI is InChI=1S/C14H21NO2/c1-17-9-8-15-10-14(16)13-6-4-12(5-7-13)11-2-3-11/h4-7,11,14-16H,2-3,8-10H2,1H3. The number of methoxy groups -OCH3 is 1. The van der Waals surface area contributed by atoms with Gasteiger partial charge in [-0.15, -0.1) is 0 Å². The van der Waals surface area contributed by atoms with Gasteiger partial charge in [-0.2, -0.15) is 0 Å². The van der Waals surface area contributed by atoms with Crippen LogP contribution in [0.2, 0.25) is 0 Å². The first kappa shape index (κ1) is 12.6. The van der Waals surface area contributed by atoms with Crippen LogP contribution in [0.5, 0.6) is 0 Å². The van der Waals surface area contributed by atoms with E-state index < -0.39 is 6.10 Å². The summed E-state index contributed by atoms with van der Waals surface area (Å²) >= 11 is 0. The minimum absolute atomic E-state index is 0.430. The maximum atomic E-state index is 9.96. The highest BCUT2D eigenvalue weighted by molar-refractivity contribution is 5.29. The average Bonchev–Trinajstić information content (AvgIpc) is 3.19. The van der Waals surface area contributed by atoms with E-state index >= 15 is 0 Å². The summed E-state index contributed by atoms with van der Waals surface area (Å²) in [6.45, 7) is 2.02. The Morgan fingerprint density at radius 1 is 1.35 bits per heavy atom. The van der Waals surface area contributed by atoms with Gasteiger partial charge in [0.2, 0.25) is 0 Å². The van der Waals surface area contributed by atoms with Crippen molar-refractivity contribution < 1.29 is 9.84 Å². The van der Waals surface area contributed by atoms with E-state index in [-0.39, 0.29) is 0 Å². The van der Waals surface area contributed by atoms with Gasteiger partial charge in [0, 0.05) is 20.2 Å². The van der Waals surface area contributed by atoms with E-state index in [1.807, 2.05) is 12.1 Å². The lowest BCUT2D eigenvalue weighted by molar-refractivity contribution is 0.161. The monoisotopic (exact) mass is 235 g/mol. The quantitative estimate of drug-likeness (QED) is 0.708. The summed E-state index contributed by atoms with van der Waals surface area (Å²) in [5, 5.41) is 13.1. The van der Waals surface area contributed by atoms with Crippen molar-refractivity contribution in [3.05, 3.63) is 35.4 Å². The van der Waals surface area contributed by atoms with Crippen LogP contribution < -0.4 is 5.32 Å². The summed E-state index contributed by atoms with van der Waals surface area (Å²) in [5.41, 5.74) is 2.40. The number of benzene rings is 1. The molecule has 0 bridgehead atoms. The van der Waals surface area contributed by atoms with Gasteiger partial charge < -0.3 is 15.2 Å². The molecule has 0 aliphatic heterocycles. The fourth-order valence-electron chi connectivity index (χ4n) is 1.94. The first-order chi connectivity index (χ1) is 8.31. The van der Waals surface area contributed by atoms with Crippen LogP contribution in [0.4, 0.5) is 0 Å². The van der Waals surface area contributed by atoms with Crippen molar-refractivity contribution in [2.24, 2.45) is 0 Å². The molecule has 94 valence electrons. The molecular weight excluding hydrogens is 214 g/mol. The van der Waals surface area contributed by atoms with Crippen molar-refractivity contribution in [1.82, 2.24) is 5.32 Å². The highest BCUT2D eigenvalue weighted by Crippen LogP contribution is 2.40. The molecule has 2 rings (SSSR count). The van der Waals surface area contributed by atoms with E-state index in [4.69, 9.17) is 4.74 Å². The van der Waals surface area contributed by atoms with Gasteiger partial charge in [-0.25, -0.2) is 0 Å². The second-order valence-corrected chi connectivity index (χ2v) is 4.65. The number of ether oxygens (including phenoxy) is 1. The molecule has 1 atom stereocenters. The predicted molar refractivity (Wildman–Crippen MR) is 68.1 cm³/mol. The van der Waals surface area contributed by atoms with Crippen LogP contribution in [-0.4, -0.2) is 31.9 Å². The molecule has 3 heteroatoms. The molecule has 1 aliphatic rings. The van der Waals surface area contributed by atoms with E-state index in [0.29, 0.717) is 13.2 Å². The SMILES string of the molecule is COCCNCC(O)c1ccc(C2CC2)cc1. The van der Waals surface area contributed by atoms with Crippen molar-refractivity contribution in [2.45, 2.75) is 24.9 Å². The summed E-state index contributed by atoms with van der Waals surface area (Å²) in [7, 11) is 1.68. The summed E-state index contributed by atoms with van der Waals surface area (Å²) in [6, 6.07) is 8.36. The molecule has 3 nitrogen and oxygen atoms in total. The lowest BCUT2D eigenvalue weighted by Crippen LogP contribution is -2.24. The average molecular weight is 235 g/mol. The van der Waals surface area contributed by atoms with E-state index in [0.717, 1.165) is 18.0 Å². The van der Waals surface area contributed by atoms with Crippen molar-refractivity contribution in [3.8, 4) is 0 Å². The Balaban J connectivity index is 1.79. The van der Waals surface area contributed by atoms with Gasteiger partial charge in [-0.05, 0) is 29.9 Å². The molecule has 0 amide bonds. The van der Waals surface area contributed by atoms with Crippen LogP contribution in [0, 0.1) is 0 Å². The summed E-state index contributed by atoms with van der Waals surface area (Å²) in [4.78, 5) is 0. The molecule has 1 fully saturated rings. The summed E-state index contributed by atoms with van der Waals surface area (Å²) < 4.78 is 4.93. The van der Waals surface area contributed by atoms with Gasteiger partial charge in [-0.1, -0.05) is 24.3 Å². The molecular formula is C14H21NO2. The molecule has 17 heavy (non-hydrogen) atoms. The fraction of sp³-hybridized carbons (Fsp3) is 0.571. The normalized spacial score (nSPS) is 17.1. The van der Waals surface area contributed by atoms with Gasteiger partial charge in [0.15, 0.2) is 0 Å². The molecule has 1 unspecified atom stereocenters. The first-order valence-electron chi connectivity index (χ1n) is 6.29. The van der Waals surface area contributed by atoms with Gasteiger partial charge in [0.05, 0.1) is 12.7 Å². The third kappa shape index (κ3) is 3.80. The first-order valence-corrected chi connectivity index (χ1v) is 6.29. The maximum Gasteiger partial charge on any atom is 0.0914 e. The Bertz CT molecular complexity index is 333. The van der Waals surface area contributed by atoms with Crippen molar-refractivity contribution in [2.75, 3.05) is 26.8 Å². The van der Waals surface area contributed by atoms with Crippen LogP contribution in [0.25, 0.3) is 0 Å². The van der Waals surface area contributed by atoms with Gasteiger partial charge >= 0.3 is 0 Å². The van der Waals surface area contributed by atoms with Crippen LogP contribution in [0.3, 0.4) is 0 Å². The lowest BCUT2D eigenvalue weighted by Gasteiger charge is -2.12. The Morgan fingerprint density at radius 2 is 2.06 bits per heavy atom. The summed E-state index contributed by atoms with van der Waals surface area (Å²) in [5.74, 6) is 0.779. The van der Waals surface area contributed by atoms with Crippen LogP contribution in [-0.2, 0) is 4.74 Å². The summed E-state index contributed by atoms with van der Waals surface area (Å²) in [6.07, 6.45) is 2.21. The number of aliphatic hydroxyl groups is 1. The molecule has 0 saturated heterocycles. The van der Waals surface area contributed by atoms with Gasteiger partial charge in [0.25, 0.3) is 0 Å². The molecule has 1 aromatic rings. The molecule has 1 aliphatic carbocycles. The van der Waals surface area contributed by atoms with Gasteiger partial charge in [0.1, 0.15) is 0 Å². The Hall–Kier alpha value is -0.900. The second kappa shape index (κ2) is 6.15. The molecule has 1 aromatic carbocycles. The Morgan fingerprint density at radius 3 is 2.65 bits per heavy atom. The van der Waals surface area contributed by atoms with E-state index in [2.05, 4.69) is 17.4 Å². The van der Waals surface area contributed by atoms with E-state index in [9.17, 15) is 5.11 Å². The van der Waals surface area contributed by atoms with Crippen LogP contribution in [0.15, 0.2) is 24.3 Å². The van der Waals surface area contributed by atoms with Crippen molar-refractivity contribution >= 4 is 0 Å². The molecule has 0 spiro atoms. The number of hydrogen-bond acceptors (Lipinski definition) is 3. The van der Waals surface area contributed by atoms with Crippen molar-refractivity contribution in [3.63, 3.8) is 0 Å². The molecule has 0 heterocycles. The minimum Gasteiger partial charge on any atom is -0.387 e. The van der Waals surface area contributed by atoms with Crippen molar-refractivity contribution in [1.29, 1.82) is 0 Å². The second-order valence-electron chi connectivity index (χ2n) is 4.65. The zero-order chi connectivity index (χ0) is 12.1. The largest absolute Gasteiger partial charge is 0.387 e. The zero-order valence-electron chi connectivity index (χ0n) is 10.4. The Labute approximate surface area is 103 Å². The van der Waals surface area contributed by atoms with E-state index in [1.54, 1.807) is 7.11 Å². The van der Waals surface area contributed by atoms with Crippen LogP contribution >= 0.6 is 0 Å². The molecule has 0 radical (unpaired) electrons. The number of nitrogens with one attached hydrogen (secondary N) is 1. The number of aliphatic hydroxyl groups excluding tert-OH is 1. The fourth-order valence-corrected chi connectivity index (χ4v) is 1.94. The maximum absolute atomic E-state index is 9.96. The highest BCUT2D eigenvalue weighted by Gasteiger charge is 2.23. The topological polar surface area (TPSA) is 41.5 Å². The predicted octanol–water partition coefficient (Wildman–Crippen LogP) is 1.83. The number of hydrogen-bond donors (Lipinski definition) is 2. The molecule has 2 N–H and O–H groups in total. The number of rotatable bonds is 7. The van der Waals surface area contributed by atoms with Crippen LogP contribution in [0.1, 0.15) is 36.0 Å². The zero-order valence-corrected chi connectivity index (χ0v) is 10.4. The third-order valence-corrected chi connectivity index (χ3v) is 3.19. The Kier molecular flexibility index (Phi) is 4.54. The van der Waals surface area contributed by atoms with E-state index in [1.165, 1.54) is 18.4 Å². The lowest BCUT2D eigenvalue weighted by atomic mass is 10.0. The molecule has 1 saturated carbocycles. The van der Waals surface area contributed by atoms with Gasteiger partial charge in [-0.3, -0.25) is 0 Å². The highest BCUT2D eigenvalue weighted by atomic mass is 16.5. The minimum atomic E-state index is -0.430. The third-order valence-electron chi connectivity index (χ3n) is 3.19.